The van der Waals surface area contributed by atoms with Gasteiger partial charge in [-0.2, -0.15) is 5.10 Å². The SMILES string of the molecule is CNC(Cc1ccn(C(C)C)n1)c1ccc(C)nc1C. The molecule has 0 radical (unpaired) electrons. The first-order valence-electron chi connectivity index (χ1n) is 7.16. The Morgan fingerprint density at radius 1 is 1.20 bits per heavy atom. The first-order chi connectivity index (χ1) is 9.51. The first-order valence-corrected chi connectivity index (χ1v) is 7.16. The minimum Gasteiger partial charge on any atom is -0.313 e. The van der Waals surface area contributed by atoms with Crippen LogP contribution in [0.4, 0.5) is 0 Å². The molecule has 2 aromatic rings. The maximum atomic E-state index is 4.63. The fraction of sp³-hybridized carbons (Fsp3) is 0.500. The van der Waals surface area contributed by atoms with Crippen LogP contribution < -0.4 is 5.32 Å². The van der Waals surface area contributed by atoms with Crippen molar-refractivity contribution in [1.82, 2.24) is 20.1 Å². The van der Waals surface area contributed by atoms with E-state index >= 15 is 0 Å². The number of rotatable bonds is 5. The van der Waals surface area contributed by atoms with Crippen LogP contribution in [0.2, 0.25) is 0 Å². The lowest BCUT2D eigenvalue weighted by Crippen LogP contribution is -2.20. The minimum atomic E-state index is 0.249. The second kappa shape index (κ2) is 6.18. The summed E-state index contributed by atoms with van der Waals surface area (Å²) in [5.41, 5.74) is 4.51. The molecule has 1 atom stereocenters. The Morgan fingerprint density at radius 2 is 1.95 bits per heavy atom. The van der Waals surface area contributed by atoms with E-state index in [0.717, 1.165) is 23.5 Å². The lowest BCUT2D eigenvalue weighted by Gasteiger charge is -2.17. The highest BCUT2D eigenvalue weighted by Crippen LogP contribution is 2.20. The van der Waals surface area contributed by atoms with E-state index in [1.807, 2.05) is 24.9 Å². The van der Waals surface area contributed by atoms with Gasteiger partial charge in [-0.05, 0) is 52.4 Å². The smallest absolute Gasteiger partial charge is 0.0643 e. The van der Waals surface area contributed by atoms with Gasteiger partial charge in [0.25, 0.3) is 0 Å². The quantitative estimate of drug-likeness (QED) is 0.910. The van der Waals surface area contributed by atoms with Crippen LogP contribution in [0, 0.1) is 13.8 Å². The van der Waals surface area contributed by atoms with Crippen molar-refractivity contribution >= 4 is 0 Å². The third-order valence-corrected chi connectivity index (χ3v) is 3.60. The van der Waals surface area contributed by atoms with Crippen molar-refractivity contribution in [3.63, 3.8) is 0 Å². The molecule has 4 nitrogen and oxygen atoms in total. The van der Waals surface area contributed by atoms with Crippen LogP contribution in [0.3, 0.4) is 0 Å². The molecule has 0 saturated heterocycles. The zero-order chi connectivity index (χ0) is 14.7. The monoisotopic (exact) mass is 272 g/mol. The van der Waals surface area contributed by atoms with E-state index in [0.29, 0.717) is 6.04 Å². The summed E-state index contributed by atoms with van der Waals surface area (Å²) in [6.07, 6.45) is 2.93. The van der Waals surface area contributed by atoms with E-state index in [4.69, 9.17) is 0 Å². The topological polar surface area (TPSA) is 42.7 Å². The van der Waals surface area contributed by atoms with Crippen LogP contribution in [0.5, 0.6) is 0 Å². The highest BCUT2D eigenvalue weighted by molar-refractivity contribution is 5.26. The Hall–Kier alpha value is -1.68. The van der Waals surface area contributed by atoms with Gasteiger partial charge in [0, 0.05) is 36.1 Å². The van der Waals surface area contributed by atoms with Crippen molar-refractivity contribution in [2.45, 2.75) is 46.2 Å². The Bertz CT molecular complexity index is 572. The molecule has 1 N–H and O–H groups in total. The van der Waals surface area contributed by atoms with Crippen molar-refractivity contribution in [2.24, 2.45) is 0 Å². The first kappa shape index (κ1) is 14.7. The summed E-state index contributed by atoms with van der Waals surface area (Å²) in [6.45, 7) is 8.37. The van der Waals surface area contributed by atoms with Crippen LogP contribution in [0.1, 0.15) is 48.6 Å². The van der Waals surface area contributed by atoms with E-state index in [1.165, 1.54) is 5.56 Å². The predicted molar refractivity (Wildman–Crippen MR) is 81.8 cm³/mol. The van der Waals surface area contributed by atoms with Crippen LogP contribution in [-0.4, -0.2) is 21.8 Å². The highest BCUT2D eigenvalue weighted by Gasteiger charge is 2.15. The van der Waals surface area contributed by atoms with Crippen LogP contribution >= 0.6 is 0 Å². The van der Waals surface area contributed by atoms with Crippen molar-refractivity contribution in [3.05, 3.63) is 47.0 Å². The maximum absolute atomic E-state index is 4.63. The number of aryl methyl sites for hydroxylation is 2. The van der Waals surface area contributed by atoms with E-state index in [-0.39, 0.29) is 6.04 Å². The molecule has 1 unspecified atom stereocenters. The second-order valence-corrected chi connectivity index (χ2v) is 5.55. The third kappa shape index (κ3) is 3.25. The van der Waals surface area contributed by atoms with Gasteiger partial charge in [0.05, 0.1) is 5.69 Å². The summed E-state index contributed by atoms with van der Waals surface area (Å²) in [7, 11) is 1.99. The van der Waals surface area contributed by atoms with Gasteiger partial charge in [-0.25, -0.2) is 0 Å². The van der Waals surface area contributed by atoms with Gasteiger partial charge in [-0.15, -0.1) is 0 Å². The van der Waals surface area contributed by atoms with Gasteiger partial charge < -0.3 is 5.32 Å². The van der Waals surface area contributed by atoms with Crippen molar-refractivity contribution in [1.29, 1.82) is 0 Å². The normalized spacial score (nSPS) is 12.9. The molecule has 2 aromatic heterocycles. The third-order valence-electron chi connectivity index (χ3n) is 3.60. The van der Waals surface area contributed by atoms with Crippen molar-refractivity contribution in [2.75, 3.05) is 7.05 Å². The van der Waals surface area contributed by atoms with Gasteiger partial charge >= 0.3 is 0 Å². The highest BCUT2D eigenvalue weighted by atomic mass is 15.3. The molecule has 4 heteroatoms. The van der Waals surface area contributed by atoms with E-state index in [9.17, 15) is 0 Å². The zero-order valence-corrected chi connectivity index (χ0v) is 13.0. The summed E-state index contributed by atoms with van der Waals surface area (Å²) >= 11 is 0. The summed E-state index contributed by atoms with van der Waals surface area (Å²) in [4.78, 5) is 4.55. The van der Waals surface area contributed by atoms with Crippen molar-refractivity contribution < 1.29 is 0 Å². The van der Waals surface area contributed by atoms with Gasteiger partial charge in [0.1, 0.15) is 0 Å². The lowest BCUT2D eigenvalue weighted by molar-refractivity contribution is 0.514. The van der Waals surface area contributed by atoms with Gasteiger partial charge in [-0.1, -0.05) is 6.07 Å². The van der Waals surface area contributed by atoms with Gasteiger partial charge in [0.2, 0.25) is 0 Å². The molecule has 0 amide bonds. The summed E-state index contributed by atoms with van der Waals surface area (Å²) in [6, 6.07) is 6.98. The largest absolute Gasteiger partial charge is 0.313 e. The molecule has 0 aliphatic heterocycles. The Morgan fingerprint density at radius 3 is 2.50 bits per heavy atom. The zero-order valence-electron chi connectivity index (χ0n) is 13.0. The molecule has 0 aliphatic carbocycles. The lowest BCUT2D eigenvalue weighted by atomic mass is 10.0. The molecule has 0 saturated carbocycles. The Labute approximate surface area is 121 Å². The Kier molecular flexibility index (Phi) is 4.55. The molecule has 0 aromatic carbocycles. The van der Waals surface area contributed by atoms with E-state index in [2.05, 4.69) is 54.4 Å². The summed E-state index contributed by atoms with van der Waals surface area (Å²) < 4.78 is 2.00. The molecule has 2 rings (SSSR count). The molecular weight excluding hydrogens is 248 g/mol. The van der Waals surface area contributed by atoms with Gasteiger partial charge in [0.15, 0.2) is 0 Å². The Balaban J connectivity index is 2.19. The van der Waals surface area contributed by atoms with E-state index in [1.54, 1.807) is 0 Å². The molecular formula is C16H24N4. The molecule has 0 fully saturated rings. The fourth-order valence-electron chi connectivity index (χ4n) is 2.42. The average Bonchev–Trinajstić information content (AvgIpc) is 2.85. The second-order valence-electron chi connectivity index (χ2n) is 5.55. The average molecular weight is 272 g/mol. The number of nitrogens with zero attached hydrogens (tertiary/aromatic N) is 3. The van der Waals surface area contributed by atoms with Crippen LogP contribution in [0.25, 0.3) is 0 Å². The van der Waals surface area contributed by atoms with E-state index < -0.39 is 0 Å². The van der Waals surface area contributed by atoms with Crippen molar-refractivity contribution in [3.8, 4) is 0 Å². The fourth-order valence-corrected chi connectivity index (χ4v) is 2.42. The minimum absolute atomic E-state index is 0.249. The number of aromatic nitrogens is 3. The standard InChI is InChI=1S/C16H24N4/c1-11(2)20-9-8-14(19-20)10-16(17-5)15-7-6-12(3)18-13(15)4/h6-9,11,16-17H,10H2,1-5H3. The number of hydrogen-bond acceptors (Lipinski definition) is 3. The number of likely N-dealkylation sites (N-methyl/N-ethyl adjacent to an activating group) is 1. The number of nitrogens with one attached hydrogen (secondary N) is 1. The van der Waals surface area contributed by atoms with Gasteiger partial charge in [-0.3, -0.25) is 9.67 Å². The summed E-state index contributed by atoms with van der Waals surface area (Å²) in [5, 5.41) is 8.00. The molecule has 108 valence electrons. The van der Waals surface area contributed by atoms with Crippen LogP contribution in [0.15, 0.2) is 24.4 Å². The molecule has 20 heavy (non-hydrogen) atoms. The number of pyridine rings is 1. The number of hydrogen-bond donors (Lipinski definition) is 1. The summed E-state index contributed by atoms with van der Waals surface area (Å²) in [5.74, 6) is 0. The molecule has 0 bridgehead atoms. The molecule has 0 aliphatic rings. The predicted octanol–water partition coefficient (Wildman–Crippen LogP) is 2.98. The molecule has 2 heterocycles. The maximum Gasteiger partial charge on any atom is 0.0643 e. The molecule has 0 spiro atoms. The van der Waals surface area contributed by atoms with Crippen LogP contribution in [-0.2, 0) is 6.42 Å².